The monoisotopic (exact) mass is 354 g/mol. The van der Waals surface area contributed by atoms with Gasteiger partial charge in [-0.1, -0.05) is 0 Å². The molecule has 6 heteroatoms. The van der Waals surface area contributed by atoms with Crippen LogP contribution in [0.2, 0.25) is 0 Å². The van der Waals surface area contributed by atoms with E-state index < -0.39 is 0 Å². The van der Waals surface area contributed by atoms with Crippen molar-refractivity contribution in [2.75, 3.05) is 38.7 Å². The number of thiophene rings is 1. The van der Waals surface area contributed by atoms with Crippen molar-refractivity contribution in [2.45, 2.75) is 38.3 Å². The second-order valence-electron chi connectivity index (χ2n) is 6.03. The molecule has 0 aliphatic carbocycles. The Morgan fingerprint density at radius 3 is 2.87 bits per heavy atom. The molecule has 1 aromatic heterocycles. The zero-order valence-corrected chi connectivity index (χ0v) is 16.0. The van der Waals surface area contributed by atoms with Gasteiger partial charge in [0.1, 0.15) is 0 Å². The number of hydrogen-bond acceptors (Lipinski definition) is 4. The first-order valence-electron chi connectivity index (χ1n) is 8.51. The van der Waals surface area contributed by atoms with Crippen LogP contribution in [0, 0.1) is 0 Å². The fourth-order valence-electron chi connectivity index (χ4n) is 2.84. The van der Waals surface area contributed by atoms with Gasteiger partial charge in [-0.05, 0) is 60.1 Å². The smallest absolute Gasteiger partial charge is 0.191 e. The first-order valence-corrected chi connectivity index (χ1v) is 10.8. The summed E-state index contributed by atoms with van der Waals surface area (Å²) < 4.78 is 0. The quantitative estimate of drug-likeness (QED) is 0.428. The van der Waals surface area contributed by atoms with Crippen molar-refractivity contribution in [3.05, 3.63) is 22.4 Å². The summed E-state index contributed by atoms with van der Waals surface area (Å²) in [4.78, 5) is 6.91. The lowest BCUT2D eigenvalue weighted by molar-refractivity contribution is 0.198. The molecule has 0 saturated carbocycles. The van der Waals surface area contributed by atoms with Crippen LogP contribution in [-0.2, 0) is 6.54 Å². The number of rotatable bonds is 8. The summed E-state index contributed by atoms with van der Waals surface area (Å²) in [6, 6.07) is 2.78. The van der Waals surface area contributed by atoms with Gasteiger partial charge in [0.15, 0.2) is 5.96 Å². The molecule has 1 aromatic rings. The Balaban J connectivity index is 1.62. The van der Waals surface area contributed by atoms with Gasteiger partial charge in [0.25, 0.3) is 0 Å². The Hall–Kier alpha value is -0.720. The number of nitrogens with zero attached hydrogens (tertiary/aromatic N) is 2. The zero-order chi connectivity index (χ0) is 16.3. The third kappa shape index (κ3) is 7.14. The van der Waals surface area contributed by atoms with Gasteiger partial charge in [-0.3, -0.25) is 9.89 Å². The summed E-state index contributed by atoms with van der Waals surface area (Å²) in [6.45, 7) is 4.44. The Kier molecular flexibility index (Phi) is 8.86. The van der Waals surface area contributed by atoms with Crippen molar-refractivity contribution in [1.29, 1.82) is 0 Å². The molecule has 0 aromatic carbocycles. The lowest BCUT2D eigenvalue weighted by atomic mass is 10.0. The number of unbranched alkanes of at least 4 members (excludes halogenated alkanes) is 1. The van der Waals surface area contributed by atoms with E-state index in [2.05, 4.69) is 43.6 Å². The number of guanidine groups is 1. The summed E-state index contributed by atoms with van der Waals surface area (Å²) in [5.74, 6) is 2.21. The summed E-state index contributed by atoms with van der Waals surface area (Å²) in [6.07, 6.45) is 7.03. The standard InChI is InChI=1S/C17H30N4S2/c1-18-17(19-8-3-4-11-22-2)20-16-5-9-21(10-6-16)13-15-7-12-23-14-15/h7,12,14,16H,3-6,8-11,13H2,1-2H3,(H2,18,19,20). The molecule has 0 spiro atoms. The third-order valence-electron chi connectivity index (χ3n) is 4.21. The van der Waals surface area contributed by atoms with Crippen LogP contribution in [0.1, 0.15) is 31.2 Å². The average Bonchev–Trinajstić information content (AvgIpc) is 3.08. The van der Waals surface area contributed by atoms with E-state index in [1.54, 1.807) is 11.3 Å². The Labute approximate surface area is 149 Å². The van der Waals surface area contributed by atoms with Crippen molar-refractivity contribution in [1.82, 2.24) is 15.5 Å². The Bertz CT molecular complexity index is 439. The third-order valence-corrected chi connectivity index (χ3v) is 5.63. The van der Waals surface area contributed by atoms with Gasteiger partial charge in [0.2, 0.25) is 0 Å². The SMILES string of the molecule is CN=C(NCCCCSC)NC1CCN(Cc2ccsc2)CC1. The lowest BCUT2D eigenvalue weighted by Gasteiger charge is -2.32. The number of likely N-dealkylation sites (tertiary alicyclic amines) is 1. The van der Waals surface area contributed by atoms with E-state index in [4.69, 9.17) is 0 Å². The second-order valence-corrected chi connectivity index (χ2v) is 7.79. The summed E-state index contributed by atoms with van der Waals surface area (Å²) in [5, 5.41) is 11.4. The molecule has 1 saturated heterocycles. The maximum Gasteiger partial charge on any atom is 0.191 e. The van der Waals surface area contributed by atoms with E-state index in [0.717, 1.165) is 32.1 Å². The topological polar surface area (TPSA) is 39.7 Å². The summed E-state index contributed by atoms with van der Waals surface area (Å²) in [7, 11) is 1.86. The maximum atomic E-state index is 4.36. The number of aliphatic imine (C=N–C) groups is 1. The van der Waals surface area contributed by atoms with Gasteiger partial charge in [-0.25, -0.2) is 0 Å². The molecule has 0 unspecified atom stereocenters. The van der Waals surface area contributed by atoms with Gasteiger partial charge in [0, 0.05) is 39.3 Å². The molecule has 130 valence electrons. The van der Waals surface area contributed by atoms with Gasteiger partial charge in [-0.2, -0.15) is 23.1 Å². The second kappa shape index (κ2) is 10.9. The molecule has 2 heterocycles. The fourth-order valence-corrected chi connectivity index (χ4v) is 4.00. The van der Waals surface area contributed by atoms with Crippen LogP contribution in [0.3, 0.4) is 0 Å². The molecule has 23 heavy (non-hydrogen) atoms. The van der Waals surface area contributed by atoms with Gasteiger partial charge in [-0.15, -0.1) is 0 Å². The van der Waals surface area contributed by atoms with Crippen molar-refractivity contribution in [2.24, 2.45) is 4.99 Å². The predicted molar refractivity (Wildman–Crippen MR) is 105 cm³/mol. The van der Waals surface area contributed by atoms with Crippen molar-refractivity contribution in [3.63, 3.8) is 0 Å². The van der Waals surface area contributed by atoms with E-state index in [1.807, 2.05) is 18.8 Å². The molecule has 1 aliphatic rings. The van der Waals surface area contributed by atoms with Crippen LogP contribution in [0.4, 0.5) is 0 Å². The molecular weight excluding hydrogens is 324 g/mol. The Morgan fingerprint density at radius 1 is 1.39 bits per heavy atom. The van der Waals surface area contributed by atoms with Crippen molar-refractivity contribution < 1.29 is 0 Å². The van der Waals surface area contributed by atoms with Crippen LogP contribution in [0.15, 0.2) is 21.8 Å². The first-order chi connectivity index (χ1) is 11.3. The highest BCUT2D eigenvalue weighted by molar-refractivity contribution is 7.98. The molecule has 0 radical (unpaired) electrons. The van der Waals surface area contributed by atoms with E-state index in [9.17, 15) is 0 Å². The minimum absolute atomic E-state index is 0.547. The van der Waals surface area contributed by atoms with Gasteiger partial charge in [0.05, 0.1) is 0 Å². The highest BCUT2D eigenvalue weighted by Gasteiger charge is 2.19. The highest BCUT2D eigenvalue weighted by Crippen LogP contribution is 2.15. The van der Waals surface area contributed by atoms with E-state index in [0.29, 0.717) is 6.04 Å². The first kappa shape index (κ1) is 18.6. The number of thioether (sulfide) groups is 1. The summed E-state index contributed by atoms with van der Waals surface area (Å²) >= 11 is 3.71. The molecule has 1 fully saturated rings. The largest absolute Gasteiger partial charge is 0.356 e. The van der Waals surface area contributed by atoms with E-state index in [1.165, 1.54) is 37.0 Å². The van der Waals surface area contributed by atoms with Crippen LogP contribution in [-0.4, -0.2) is 55.6 Å². The predicted octanol–water partition coefficient (Wildman–Crippen LogP) is 3.02. The van der Waals surface area contributed by atoms with Crippen molar-refractivity contribution >= 4 is 29.1 Å². The fraction of sp³-hybridized carbons (Fsp3) is 0.706. The molecule has 2 rings (SSSR count). The van der Waals surface area contributed by atoms with Gasteiger partial charge >= 0.3 is 0 Å². The van der Waals surface area contributed by atoms with Crippen molar-refractivity contribution in [3.8, 4) is 0 Å². The van der Waals surface area contributed by atoms with Gasteiger partial charge < -0.3 is 10.6 Å². The molecule has 0 bridgehead atoms. The molecule has 4 nitrogen and oxygen atoms in total. The normalized spacial score (nSPS) is 17.4. The number of hydrogen-bond donors (Lipinski definition) is 2. The minimum atomic E-state index is 0.547. The van der Waals surface area contributed by atoms with Crippen LogP contribution < -0.4 is 10.6 Å². The zero-order valence-electron chi connectivity index (χ0n) is 14.4. The van der Waals surface area contributed by atoms with Crippen LogP contribution in [0.5, 0.6) is 0 Å². The van der Waals surface area contributed by atoms with E-state index in [-0.39, 0.29) is 0 Å². The highest BCUT2D eigenvalue weighted by atomic mass is 32.2. The average molecular weight is 355 g/mol. The summed E-state index contributed by atoms with van der Waals surface area (Å²) in [5.41, 5.74) is 1.45. The van der Waals surface area contributed by atoms with Crippen LogP contribution >= 0.6 is 23.1 Å². The maximum absolute atomic E-state index is 4.36. The van der Waals surface area contributed by atoms with E-state index >= 15 is 0 Å². The Morgan fingerprint density at radius 2 is 2.22 bits per heavy atom. The molecular formula is C17H30N4S2. The molecule has 0 amide bonds. The molecule has 0 atom stereocenters. The molecule has 2 N–H and O–H groups in total. The lowest BCUT2D eigenvalue weighted by Crippen LogP contribution is -2.48. The number of piperidine rings is 1. The molecule has 1 aliphatic heterocycles. The van der Waals surface area contributed by atoms with Crippen LogP contribution in [0.25, 0.3) is 0 Å². The minimum Gasteiger partial charge on any atom is -0.356 e. The number of nitrogens with one attached hydrogen (secondary N) is 2.